The van der Waals surface area contributed by atoms with E-state index in [9.17, 15) is 14.3 Å². The highest BCUT2D eigenvalue weighted by Gasteiger charge is 2.18. The Morgan fingerprint density at radius 3 is 2.66 bits per heavy atom. The maximum absolute atomic E-state index is 13.9. The number of hydrogen-bond acceptors (Lipinski definition) is 6. The van der Waals surface area contributed by atoms with Gasteiger partial charge in [0.05, 0.1) is 18.0 Å². The molecule has 164 valence electrons. The topological polar surface area (TPSA) is 106 Å². The Kier molecular flexibility index (Phi) is 5.98. The van der Waals surface area contributed by atoms with Gasteiger partial charge in [0.25, 0.3) is 5.56 Å². The molecule has 32 heavy (non-hydrogen) atoms. The number of nitrogens with one attached hydrogen (secondary N) is 1. The lowest BCUT2D eigenvalue weighted by atomic mass is 10.0. The van der Waals surface area contributed by atoms with Crippen molar-refractivity contribution >= 4 is 17.0 Å². The van der Waals surface area contributed by atoms with Gasteiger partial charge >= 0.3 is 0 Å². The van der Waals surface area contributed by atoms with E-state index < -0.39 is 5.82 Å². The van der Waals surface area contributed by atoms with Crippen LogP contribution in [-0.2, 0) is 6.54 Å². The maximum Gasteiger partial charge on any atom is 0.256 e. The molecule has 0 aliphatic carbocycles. The van der Waals surface area contributed by atoms with Crippen LogP contribution < -0.4 is 16.6 Å². The number of halogens is 1. The van der Waals surface area contributed by atoms with Gasteiger partial charge in [0, 0.05) is 29.6 Å². The smallest absolute Gasteiger partial charge is 0.256 e. The van der Waals surface area contributed by atoms with Crippen LogP contribution >= 0.6 is 0 Å². The van der Waals surface area contributed by atoms with E-state index in [0.717, 1.165) is 5.56 Å². The molecule has 2 aromatic carbocycles. The van der Waals surface area contributed by atoms with Crippen LogP contribution in [0.5, 0.6) is 0 Å². The largest absolute Gasteiger partial charge is 0.394 e. The van der Waals surface area contributed by atoms with Gasteiger partial charge in [-0.3, -0.25) is 9.36 Å². The lowest BCUT2D eigenvalue weighted by Gasteiger charge is -2.18. The number of aliphatic hydroxyl groups excluding tert-OH is 1. The predicted molar refractivity (Wildman–Crippen MR) is 123 cm³/mol. The third-order valence-electron chi connectivity index (χ3n) is 5.30. The fourth-order valence-electron chi connectivity index (χ4n) is 3.66. The average Bonchev–Trinajstić information content (AvgIpc) is 2.79. The number of fused-ring (bicyclic) bond motifs is 1. The van der Waals surface area contributed by atoms with Crippen LogP contribution in [0.2, 0.25) is 0 Å². The second kappa shape index (κ2) is 8.86. The van der Waals surface area contributed by atoms with Gasteiger partial charge in [-0.05, 0) is 55.3 Å². The van der Waals surface area contributed by atoms with Crippen LogP contribution in [0.15, 0.2) is 59.4 Å². The van der Waals surface area contributed by atoms with Gasteiger partial charge in [-0.15, -0.1) is 0 Å². The summed E-state index contributed by atoms with van der Waals surface area (Å²) >= 11 is 0. The molecule has 4 N–H and O–H groups in total. The predicted octanol–water partition coefficient (Wildman–Crippen LogP) is 3.15. The van der Waals surface area contributed by atoms with Gasteiger partial charge in [0.2, 0.25) is 5.95 Å². The van der Waals surface area contributed by atoms with E-state index in [1.54, 1.807) is 19.1 Å². The van der Waals surface area contributed by atoms with E-state index in [2.05, 4.69) is 15.3 Å². The molecule has 0 bridgehead atoms. The summed E-state index contributed by atoms with van der Waals surface area (Å²) in [7, 11) is 0. The van der Waals surface area contributed by atoms with Crippen molar-refractivity contribution in [2.75, 3.05) is 11.9 Å². The number of rotatable bonds is 6. The quantitative estimate of drug-likeness (QED) is 0.431. The molecule has 0 aliphatic rings. The van der Waals surface area contributed by atoms with Crippen molar-refractivity contribution in [2.45, 2.75) is 26.4 Å². The van der Waals surface area contributed by atoms with Crippen molar-refractivity contribution < 1.29 is 9.50 Å². The van der Waals surface area contributed by atoms with Crippen LogP contribution in [0.25, 0.3) is 28.0 Å². The monoisotopic (exact) mass is 433 g/mol. The summed E-state index contributed by atoms with van der Waals surface area (Å²) in [5, 5.41) is 13.2. The number of hydrogen-bond donors (Lipinski definition) is 3. The van der Waals surface area contributed by atoms with Gasteiger partial charge in [-0.1, -0.05) is 18.2 Å². The van der Waals surface area contributed by atoms with Crippen LogP contribution in [0.4, 0.5) is 10.3 Å². The second-order valence-corrected chi connectivity index (χ2v) is 7.66. The van der Waals surface area contributed by atoms with Gasteiger partial charge in [0.1, 0.15) is 5.82 Å². The Bertz CT molecular complexity index is 1350. The number of nitrogens with two attached hydrogens (primary N) is 1. The number of pyridine rings is 1. The zero-order valence-electron chi connectivity index (χ0n) is 17.8. The molecule has 0 saturated heterocycles. The average molecular weight is 433 g/mol. The molecule has 0 aliphatic heterocycles. The molecule has 0 radical (unpaired) electrons. The van der Waals surface area contributed by atoms with E-state index in [-0.39, 0.29) is 30.7 Å². The second-order valence-electron chi connectivity index (χ2n) is 7.66. The Morgan fingerprint density at radius 1 is 1.16 bits per heavy atom. The summed E-state index contributed by atoms with van der Waals surface area (Å²) in [6.45, 7) is 3.70. The minimum Gasteiger partial charge on any atom is -0.394 e. The van der Waals surface area contributed by atoms with Gasteiger partial charge in [-0.25, -0.2) is 9.37 Å². The third kappa shape index (κ3) is 3.98. The molecule has 4 aromatic rings. The van der Waals surface area contributed by atoms with E-state index in [0.29, 0.717) is 33.5 Å². The third-order valence-corrected chi connectivity index (χ3v) is 5.30. The van der Waals surface area contributed by atoms with Crippen molar-refractivity contribution in [3.63, 3.8) is 0 Å². The van der Waals surface area contributed by atoms with Crippen molar-refractivity contribution in [3.05, 3.63) is 81.9 Å². The van der Waals surface area contributed by atoms with Crippen molar-refractivity contribution in [1.82, 2.24) is 14.5 Å². The van der Waals surface area contributed by atoms with Gasteiger partial charge in [-0.2, -0.15) is 4.98 Å². The highest BCUT2D eigenvalue weighted by atomic mass is 19.1. The van der Waals surface area contributed by atoms with Gasteiger partial charge < -0.3 is 16.2 Å². The molecule has 4 rings (SSSR count). The molecule has 0 fully saturated rings. The Morgan fingerprint density at radius 2 is 1.94 bits per heavy atom. The lowest BCUT2D eigenvalue weighted by molar-refractivity contribution is 0.281. The van der Waals surface area contributed by atoms with Crippen LogP contribution in [0, 0.1) is 12.7 Å². The molecule has 0 saturated carbocycles. The molecule has 7 nitrogen and oxygen atoms in total. The molecular weight excluding hydrogens is 409 g/mol. The SMILES string of the molecule is Cc1ccccc1-n1c(=O)ccc2c(-c3ccc(F)cc3CN)nc(N[C@@H](C)CO)nc21. The first kappa shape index (κ1) is 21.6. The summed E-state index contributed by atoms with van der Waals surface area (Å²) in [6.07, 6.45) is 0. The molecule has 0 spiro atoms. The fraction of sp³-hybridized carbons (Fsp3) is 0.208. The molecule has 0 unspecified atom stereocenters. The fourth-order valence-corrected chi connectivity index (χ4v) is 3.66. The molecule has 1 atom stereocenters. The summed E-state index contributed by atoms with van der Waals surface area (Å²) in [6, 6.07) is 14.7. The number of anilines is 1. The summed E-state index contributed by atoms with van der Waals surface area (Å²) in [5.74, 6) is -0.147. The highest BCUT2D eigenvalue weighted by Crippen LogP contribution is 2.31. The summed E-state index contributed by atoms with van der Waals surface area (Å²) in [5.41, 5.74) is 9.41. The standard InChI is InChI=1S/C24H24FN5O2/c1-14-5-3-4-6-20(14)30-21(32)10-9-19-22(18-8-7-17(25)11-16(18)12-26)28-24(29-23(19)30)27-15(2)13-31/h3-11,15,31H,12-13,26H2,1-2H3,(H,27,28,29)/t15-/m0/s1. The van der Waals surface area contributed by atoms with E-state index in [4.69, 9.17) is 5.73 Å². The molecule has 2 aromatic heterocycles. The minimum absolute atomic E-state index is 0.117. The number of aromatic nitrogens is 3. The first-order valence-electron chi connectivity index (χ1n) is 10.3. The van der Waals surface area contributed by atoms with Crippen molar-refractivity contribution in [1.29, 1.82) is 0 Å². The lowest BCUT2D eigenvalue weighted by Crippen LogP contribution is -2.23. The van der Waals surface area contributed by atoms with E-state index in [1.807, 2.05) is 31.2 Å². The van der Waals surface area contributed by atoms with E-state index in [1.165, 1.54) is 22.8 Å². The normalized spacial score (nSPS) is 12.2. The van der Waals surface area contributed by atoms with Crippen LogP contribution in [0.1, 0.15) is 18.1 Å². The maximum atomic E-state index is 13.9. The Balaban J connectivity index is 2.10. The Labute approximate surface area is 184 Å². The highest BCUT2D eigenvalue weighted by molar-refractivity contribution is 5.93. The molecule has 2 heterocycles. The first-order chi connectivity index (χ1) is 15.4. The zero-order chi connectivity index (χ0) is 22.8. The number of aryl methyl sites for hydroxylation is 1. The molecule has 0 amide bonds. The number of para-hydroxylation sites is 1. The summed E-state index contributed by atoms with van der Waals surface area (Å²) < 4.78 is 15.4. The summed E-state index contributed by atoms with van der Waals surface area (Å²) in [4.78, 5) is 22.2. The minimum atomic E-state index is -0.392. The first-order valence-corrected chi connectivity index (χ1v) is 10.3. The molecular formula is C24H24FN5O2. The molecule has 8 heteroatoms. The van der Waals surface area contributed by atoms with Crippen molar-refractivity contribution in [2.24, 2.45) is 5.73 Å². The zero-order valence-corrected chi connectivity index (χ0v) is 17.8. The van der Waals surface area contributed by atoms with E-state index >= 15 is 0 Å². The van der Waals surface area contributed by atoms with Crippen LogP contribution in [0.3, 0.4) is 0 Å². The van der Waals surface area contributed by atoms with Crippen molar-refractivity contribution in [3.8, 4) is 16.9 Å². The number of benzene rings is 2. The van der Waals surface area contributed by atoms with Crippen LogP contribution in [-0.4, -0.2) is 32.3 Å². The number of aliphatic hydroxyl groups is 1. The Hall–Kier alpha value is -3.62. The van der Waals surface area contributed by atoms with Gasteiger partial charge in [0.15, 0.2) is 5.65 Å². The number of nitrogens with zero attached hydrogens (tertiary/aromatic N) is 3.